The number of hydrogen-bond acceptors (Lipinski definition) is 4. The molecule has 0 aliphatic heterocycles. The van der Waals surface area contributed by atoms with Crippen molar-refractivity contribution in [2.75, 3.05) is 0 Å². The van der Waals surface area contributed by atoms with Crippen molar-refractivity contribution < 1.29 is 23.4 Å². The molecule has 3 aliphatic rings. The molecule has 0 spiro atoms. The second kappa shape index (κ2) is 5.20. The first kappa shape index (κ1) is 17.2. The van der Waals surface area contributed by atoms with Crippen LogP contribution in [0, 0.1) is 28.6 Å². The maximum atomic E-state index is 12.4. The van der Waals surface area contributed by atoms with Crippen LogP contribution in [0.4, 0.5) is 13.2 Å². The molecule has 124 valence electrons. The lowest BCUT2D eigenvalue weighted by atomic mass is 9.44. The first-order chi connectivity index (χ1) is 9.90. The number of aliphatic hydroxyl groups excluding tert-OH is 1. The van der Waals surface area contributed by atoms with Gasteiger partial charge in [0.2, 0.25) is 0 Å². The fourth-order valence-corrected chi connectivity index (χ4v) is 3.81. The monoisotopic (exact) mass is 318 g/mol. The zero-order valence-electron chi connectivity index (χ0n) is 12.9. The van der Waals surface area contributed by atoms with Crippen LogP contribution >= 0.6 is 0 Å². The van der Waals surface area contributed by atoms with Gasteiger partial charge in [0.05, 0.1) is 6.07 Å². The van der Waals surface area contributed by atoms with E-state index >= 15 is 0 Å². The van der Waals surface area contributed by atoms with Crippen molar-refractivity contribution >= 4 is 5.71 Å². The van der Waals surface area contributed by atoms with E-state index in [-0.39, 0.29) is 11.3 Å². The van der Waals surface area contributed by atoms with Crippen molar-refractivity contribution in [1.29, 1.82) is 5.26 Å². The van der Waals surface area contributed by atoms with E-state index in [1.807, 2.05) is 0 Å². The van der Waals surface area contributed by atoms with Gasteiger partial charge in [-0.25, -0.2) is 0 Å². The lowest BCUT2D eigenvalue weighted by Gasteiger charge is -2.62. The van der Waals surface area contributed by atoms with Crippen molar-refractivity contribution in [3.63, 3.8) is 0 Å². The zero-order chi connectivity index (χ0) is 16.9. The Balaban J connectivity index is 2.17. The Hall–Kier alpha value is -1.13. The smallest absolute Gasteiger partial charge is 0.384 e. The molecule has 0 aromatic carbocycles. The van der Waals surface area contributed by atoms with Crippen LogP contribution in [0.2, 0.25) is 0 Å². The molecule has 0 saturated heterocycles. The summed E-state index contributed by atoms with van der Waals surface area (Å²) >= 11 is 0. The van der Waals surface area contributed by atoms with E-state index in [1.165, 1.54) is 0 Å². The number of aliphatic hydroxyl groups is 2. The summed E-state index contributed by atoms with van der Waals surface area (Å²) < 4.78 is 37.2. The maximum absolute atomic E-state index is 12.4. The Kier molecular flexibility index (Phi) is 4.08. The van der Waals surface area contributed by atoms with Gasteiger partial charge in [-0.15, -0.1) is 0 Å². The highest BCUT2D eigenvalue weighted by atomic mass is 19.4. The van der Waals surface area contributed by atoms with E-state index in [0.29, 0.717) is 18.1 Å². The van der Waals surface area contributed by atoms with Crippen LogP contribution in [0.1, 0.15) is 40.0 Å². The summed E-state index contributed by atoms with van der Waals surface area (Å²) in [5, 5.41) is 28.8. The highest BCUT2D eigenvalue weighted by Gasteiger charge is 2.61. The van der Waals surface area contributed by atoms with Gasteiger partial charge in [0, 0.05) is 12.1 Å². The molecule has 0 amide bonds. The van der Waals surface area contributed by atoms with Crippen LogP contribution in [-0.4, -0.2) is 39.8 Å². The van der Waals surface area contributed by atoms with Gasteiger partial charge in [-0.2, -0.15) is 18.4 Å². The van der Waals surface area contributed by atoms with Gasteiger partial charge in [-0.05, 0) is 37.0 Å². The Bertz CT molecular complexity index is 520. The van der Waals surface area contributed by atoms with Crippen LogP contribution in [0.5, 0.6) is 0 Å². The van der Waals surface area contributed by atoms with Crippen molar-refractivity contribution in [3.05, 3.63) is 0 Å². The molecular weight excluding hydrogens is 297 g/mol. The number of nitrogens with zero attached hydrogens (tertiary/aromatic N) is 2. The van der Waals surface area contributed by atoms with Crippen molar-refractivity contribution in [2.45, 2.75) is 64.0 Å². The lowest BCUT2D eigenvalue weighted by Crippen LogP contribution is -2.65. The maximum Gasteiger partial charge on any atom is 0.414 e. The molecular formula is C15H21F3N2O2. The van der Waals surface area contributed by atoms with E-state index in [1.54, 1.807) is 13.0 Å². The predicted molar refractivity (Wildman–Crippen MR) is 74.1 cm³/mol. The highest BCUT2D eigenvalue weighted by Crippen LogP contribution is 2.61. The topological polar surface area (TPSA) is 76.6 Å². The van der Waals surface area contributed by atoms with Crippen LogP contribution < -0.4 is 0 Å². The standard InChI is InChI=1S/C15H21F3N2O2/c1-13(2)8-4-10(13)14(3,22)11(5-8)20-9(7-19)6-12(21)15(16,17)18/h8-10,12,21-22H,4-6H2,1-3H3/t8-,9-,10-,12+,14-/m0/s1. The van der Waals surface area contributed by atoms with Gasteiger partial charge in [0.1, 0.15) is 11.6 Å². The normalized spacial score (nSPS) is 38.0. The average molecular weight is 318 g/mol. The van der Waals surface area contributed by atoms with Gasteiger partial charge in [0.25, 0.3) is 0 Å². The van der Waals surface area contributed by atoms with Crippen molar-refractivity contribution in [2.24, 2.45) is 22.2 Å². The average Bonchev–Trinajstić information content (AvgIpc) is 2.37. The molecule has 0 heterocycles. The lowest BCUT2D eigenvalue weighted by molar-refractivity contribution is -0.205. The second-order valence-corrected chi connectivity index (χ2v) is 7.17. The molecule has 0 unspecified atom stereocenters. The van der Waals surface area contributed by atoms with Crippen LogP contribution in [0.25, 0.3) is 0 Å². The summed E-state index contributed by atoms with van der Waals surface area (Å²) in [6.45, 7) is 5.74. The number of aliphatic imine (C=N–C) groups is 1. The molecule has 7 heteroatoms. The fourth-order valence-electron chi connectivity index (χ4n) is 3.81. The summed E-state index contributed by atoms with van der Waals surface area (Å²) in [4.78, 5) is 4.05. The van der Waals surface area contributed by atoms with Crippen LogP contribution in [0.15, 0.2) is 4.99 Å². The Morgan fingerprint density at radius 1 is 1.41 bits per heavy atom. The quantitative estimate of drug-likeness (QED) is 0.839. The van der Waals surface area contributed by atoms with E-state index in [2.05, 4.69) is 18.8 Å². The zero-order valence-corrected chi connectivity index (χ0v) is 12.9. The SMILES string of the molecule is CC1(C)[C@@H]2CC(=N[C@H](C#N)C[C@@H](O)C(F)(F)F)[C@@](C)(O)[C@H]1C2. The molecule has 5 atom stereocenters. The van der Waals surface area contributed by atoms with Crippen molar-refractivity contribution in [3.8, 4) is 6.07 Å². The minimum absolute atomic E-state index is 0.00983. The molecule has 22 heavy (non-hydrogen) atoms. The first-order valence-electron chi connectivity index (χ1n) is 7.34. The van der Waals surface area contributed by atoms with E-state index in [9.17, 15) is 18.3 Å². The fraction of sp³-hybridized carbons (Fsp3) is 0.867. The second-order valence-electron chi connectivity index (χ2n) is 7.17. The molecule has 2 bridgehead atoms. The number of hydrogen-bond donors (Lipinski definition) is 2. The minimum Gasteiger partial charge on any atom is -0.384 e. The van der Waals surface area contributed by atoms with E-state index in [4.69, 9.17) is 10.4 Å². The number of nitriles is 1. The Labute approximate surface area is 127 Å². The van der Waals surface area contributed by atoms with Gasteiger partial charge in [-0.3, -0.25) is 4.99 Å². The molecule has 2 N–H and O–H groups in total. The van der Waals surface area contributed by atoms with Crippen LogP contribution in [0.3, 0.4) is 0 Å². The van der Waals surface area contributed by atoms with Gasteiger partial charge in [0.15, 0.2) is 6.10 Å². The molecule has 4 nitrogen and oxygen atoms in total. The number of halogens is 3. The Morgan fingerprint density at radius 2 is 2.00 bits per heavy atom. The molecule has 0 aromatic rings. The third-order valence-electron chi connectivity index (χ3n) is 5.46. The van der Waals surface area contributed by atoms with Gasteiger partial charge >= 0.3 is 6.18 Å². The Morgan fingerprint density at radius 3 is 2.41 bits per heavy atom. The summed E-state index contributed by atoms with van der Waals surface area (Å²) in [7, 11) is 0. The highest BCUT2D eigenvalue weighted by molar-refractivity contribution is 5.94. The van der Waals surface area contributed by atoms with Gasteiger partial charge in [-0.1, -0.05) is 13.8 Å². The minimum atomic E-state index is -4.77. The summed E-state index contributed by atoms with van der Waals surface area (Å²) in [5.74, 6) is 0.313. The number of rotatable bonds is 3. The third-order valence-corrected chi connectivity index (χ3v) is 5.46. The summed E-state index contributed by atoms with van der Waals surface area (Å²) in [6.07, 6.45) is -6.81. The van der Waals surface area contributed by atoms with E-state index < -0.39 is 30.3 Å². The predicted octanol–water partition coefficient (Wildman–Crippen LogP) is 2.45. The largest absolute Gasteiger partial charge is 0.414 e. The van der Waals surface area contributed by atoms with Crippen LogP contribution in [-0.2, 0) is 0 Å². The summed E-state index contributed by atoms with van der Waals surface area (Å²) in [5.41, 5.74) is -0.860. The molecule has 3 rings (SSSR count). The van der Waals surface area contributed by atoms with E-state index in [0.717, 1.165) is 6.42 Å². The number of alkyl halides is 3. The molecule has 0 aromatic heterocycles. The first-order valence-corrected chi connectivity index (χ1v) is 7.34. The van der Waals surface area contributed by atoms with Crippen molar-refractivity contribution in [1.82, 2.24) is 0 Å². The third kappa shape index (κ3) is 2.74. The molecule has 3 saturated carbocycles. The molecule has 3 aliphatic carbocycles. The molecule has 0 radical (unpaired) electrons. The van der Waals surface area contributed by atoms with Gasteiger partial charge < -0.3 is 10.2 Å². The molecule has 3 fully saturated rings. The summed E-state index contributed by atoms with van der Waals surface area (Å²) in [6, 6.07) is 0.375. The number of fused-ring (bicyclic) bond motifs is 2.